The fourth-order valence-electron chi connectivity index (χ4n) is 2.37. The average Bonchev–Trinajstić information content (AvgIpc) is 2.64. The predicted octanol–water partition coefficient (Wildman–Crippen LogP) is 2.62. The molecule has 2 heterocycles. The second-order valence-electron chi connectivity index (χ2n) is 4.34. The van der Waals surface area contributed by atoms with E-state index in [-0.39, 0.29) is 0 Å². The number of nitrogens with two attached hydrogens (primary N) is 1. The molecule has 2 N–H and O–H groups in total. The first kappa shape index (κ1) is 10.1. The van der Waals surface area contributed by atoms with E-state index >= 15 is 0 Å². The second kappa shape index (κ2) is 3.43. The molecular formula is C14H14N3+. The number of rotatable bonds is 1. The van der Waals surface area contributed by atoms with Crippen LogP contribution in [0.1, 0.15) is 5.56 Å². The van der Waals surface area contributed by atoms with Gasteiger partial charge >= 0.3 is 0 Å². The molecule has 1 atom stereocenters. The summed E-state index contributed by atoms with van der Waals surface area (Å²) in [6.45, 7) is 0. The zero-order chi connectivity index (χ0) is 11.9. The van der Waals surface area contributed by atoms with E-state index < -0.39 is 0 Å². The van der Waals surface area contributed by atoms with Crippen molar-refractivity contribution in [2.24, 2.45) is 5.73 Å². The number of benzene rings is 1. The highest BCUT2D eigenvalue weighted by Crippen LogP contribution is 2.43. The summed E-state index contributed by atoms with van der Waals surface area (Å²) >= 11 is 0. The van der Waals surface area contributed by atoms with Gasteiger partial charge in [0.1, 0.15) is 5.69 Å². The van der Waals surface area contributed by atoms with E-state index in [0.717, 1.165) is 11.5 Å². The van der Waals surface area contributed by atoms with Crippen LogP contribution in [0.15, 0.2) is 54.6 Å². The van der Waals surface area contributed by atoms with E-state index in [1.807, 2.05) is 30.3 Å². The van der Waals surface area contributed by atoms with Gasteiger partial charge in [0.05, 0.1) is 7.05 Å². The molecule has 0 saturated heterocycles. The van der Waals surface area contributed by atoms with Gasteiger partial charge in [-0.25, -0.2) is 4.48 Å². The normalized spacial score (nSPS) is 22.1. The van der Waals surface area contributed by atoms with E-state index in [9.17, 15) is 0 Å². The van der Waals surface area contributed by atoms with Crippen LogP contribution in [-0.4, -0.2) is 12.0 Å². The summed E-state index contributed by atoms with van der Waals surface area (Å²) in [4.78, 5) is 4.06. The Hall–Kier alpha value is -2.13. The van der Waals surface area contributed by atoms with Crippen LogP contribution >= 0.6 is 0 Å². The number of hydrogen-bond donors (Lipinski definition) is 1. The molecule has 3 nitrogen and oxygen atoms in total. The lowest BCUT2D eigenvalue weighted by molar-refractivity contribution is 0.567. The Morgan fingerprint density at radius 3 is 2.53 bits per heavy atom. The molecule has 0 aliphatic carbocycles. The highest BCUT2D eigenvalue weighted by molar-refractivity contribution is 5.80. The van der Waals surface area contributed by atoms with E-state index in [2.05, 4.69) is 24.2 Å². The molecule has 0 spiro atoms. The molecule has 3 rings (SSSR count). The van der Waals surface area contributed by atoms with Crippen LogP contribution in [0.4, 0.5) is 11.4 Å². The van der Waals surface area contributed by atoms with Crippen molar-refractivity contribution in [3.8, 4) is 0 Å². The van der Waals surface area contributed by atoms with Crippen LogP contribution in [0, 0.1) is 0 Å². The molecule has 0 radical (unpaired) electrons. The number of hydrogen-bond acceptors (Lipinski definition) is 2. The highest BCUT2D eigenvalue weighted by atomic mass is 15.4. The van der Waals surface area contributed by atoms with Gasteiger partial charge in [0.25, 0.3) is 0 Å². The summed E-state index contributed by atoms with van der Waals surface area (Å²) in [5.41, 5.74) is 9.72. The van der Waals surface area contributed by atoms with Crippen molar-refractivity contribution in [1.29, 1.82) is 0 Å². The van der Waals surface area contributed by atoms with Gasteiger partial charge in [-0.3, -0.25) is 4.98 Å². The van der Waals surface area contributed by atoms with Gasteiger partial charge in [-0.05, 0) is 6.07 Å². The maximum atomic E-state index is 6.21. The van der Waals surface area contributed by atoms with Gasteiger partial charge in [-0.15, -0.1) is 0 Å². The van der Waals surface area contributed by atoms with Crippen molar-refractivity contribution in [2.75, 3.05) is 7.05 Å². The minimum atomic E-state index is 0.526. The Balaban J connectivity index is 2.25. The monoisotopic (exact) mass is 224 g/mol. The molecule has 1 unspecified atom stereocenters. The summed E-state index contributed by atoms with van der Waals surface area (Å²) in [5, 5.41) is 0. The molecule has 1 aliphatic heterocycles. The van der Waals surface area contributed by atoms with Gasteiger partial charge in [0.2, 0.25) is 5.82 Å². The van der Waals surface area contributed by atoms with Gasteiger partial charge < -0.3 is 5.73 Å². The maximum absolute atomic E-state index is 6.21. The summed E-state index contributed by atoms with van der Waals surface area (Å²) in [6.07, 6.45) is 5.63. The minimum absolute atomic E-state index is 0.526. The largest absolute Gasteiger partial charge is 0.354 e. The van der Waals surface area contributed by atoms with Gasteiger partial charge in [-0.1, -0.05) is 12.1 Å². The Kier molecular flexibility index (Phi) is 2.03. The molecule has 84 valence electrons. The SMILES string of the molecule is C[N+]1(c2ccncc2)C(N)=Cc2ccccc21. The van der Waals surface area contributed by atoms with Crippen molar-refractivity contribution >= 4 is 17.5 Å². The molecule has 3 heteroatoms. The lowest BCUT2D eigenvalue weighted by Gasteiger charge is -2.29. The standard InChI is InChI=1S/C14H14N3/c1-17(12-6-8-16-9-7-12)13-5-3-2-4-11(13)10-14(17)15/h2-10H,15H2,1H3/q+1. The quantitative estimate of drug-likeness (QED) is 0.756. The van der Waals surface area contributed by atoms with Crippen molar-refractivity contribution in [2.45, 2.75) is 0 Å². The van der Waals surface area contributed by atoms with Gasteiger partial charge in [0, 0.05) is 42.2 Å². The lowest BCUT2D eigenvalue weighted by atomic mass is 10.2. The third kappa shape index (κ3) is 1.29. The maximum Gasteiger partial charge on any atom is 0.209 e. The molecule has 1 aromatic heterocycles. The average molecular weight is 224 g/mol. The molecule has 0 bridgehead atoms. The highest BCUT2D eigenvalue weighted by Gasteiger charge is 2.38. The molecule has 1 aromatic carbocycles. The number of pyridine rings is 1. The summed E-state index contributed by atoms with van der Waals surface area (Å²) in [5.74, 6) is 0.831. The Morgan fingerprint density at radius 1 is 1.06 bits per heavy atom. The number of fused-ring (bicyclic) bond motifs is 1. The van der Waals surface area contributed by atoms with Crippen LogP contribution < -0.4 is 10.2 Å². The third-order valence-corrected chi connectivity index (χ3v) is 3.42. The van der Waals surface area contributed by atoms with Gasteiger partial charge in [0.15, 0.2) is 5.69 Å². The second-order valence-corrected chi connectivity index (χ2v) is 4.34. The number of quaternary nitrogens is 1. The molecule has 2 aromatic rings. The van der Waals surface area contributed by atoms with E-state index in [1.54, 1.807) is 12.4 Å². The van der Waals surface area contributed by atoms with Crippen LogP contribution in [0.2, 0.25) is 0 Å². The fourth-order valence-corrected chi connectivity index (χ4v) is 2.37. The van der Waals surface area contributed by atoms with E-state index in [1.165, 1.54) is 11.3 Å². The molecular weight excluding hydrogens is 210 g/mol. The third-order valence-electron chi connectivity index (χ3n) is 3.42. The smallest absolute Gasteiger partial charge is 0.209 e. The summed E-state index contributed by atoms with van der Waals surface area (Å²) < 4.78 is 0.526. The lowest BCUT2D eigenvalue weighted by Crippen LogP contribution is -2.40. The molecule has 17 heavy (non-hydrogen) atoms. The minimum Gasteiger partial charge on any atom is -0.354 e. The van der Waals surface area contributed by atoms with Gasteiger partial charge in [-0.2, -0.15) is 0 Å². The Bertz CT molecular complexity index is 589. The van der Waals surface area contributed by atoms with Crippen LogP contribution in [0.25, 0.3) is 6.08 Å². The van der Waals surface area contributed by atoms with Crippen LogP contribution in [0.3, 0.4) is 0 Å². The fraction of sp³-hybridized carbons (Fsp3) is 0.0714. The van der Waals surface area contributed by atoms with E-state index in [0.29, 0.717) is 4.48 Å². The van der Waals surface area contributed by atoms with Crippen LogP contribution in [0.5, 0.6) is 0 Å². The first-order valence-electron chi connectivity index (χ1n) is 5.57. The summed E-state index contributed by atoms with van der Waals surface area (Å²) in [7, 11) is 2.10. The number of nitrogens with zero attached hydrogens (tertiary/aromatic N) is 2. The zero-order valence-corrected chi connectivity index (χ0v) is 9.67. The topological polar surface area (TPSA) is 38.9 Å². The molecule has 0 fully saturated rings. The van der Waals surface area contributed by atoms with E-state index in [4.69, 9.17) is 5.73 Å². The zero-order valence-electron chi connectivity index (χ0n) is 9.67. The number of para-hydroxylation sites is 1. The number of aromatic nitrogens is 1. The van der Waals surface area contributed by atoms with Crippen molar-refractivity contribution in [3.63, 3.8) is 0 Å². The Labute approximate surface area is 100 Å². The Morgan fingerprint density at radius 2 is 1.76 bits per heavy atom. The van der Waals surface area contributed by atoms with Crippen molar-refractivity contribution in [3.05, 3.63) is 60.2 Å². The van der Waals surface area contributed by atoms with Crippen molar-refractivity contribution < 1.29 is 0 Å². The van der Waals surface area contributed by atoms with Crippen LogP contribution in [-0.2, 0) is 0 Å². The van der Waals surface area contributed by atoms with Crippen molar-refractivity contribution in [1.82, 2.24) is 9.47 Å². The molecule has 0 saturated carbocycles. The first-order chi connectivity index (χ1) is 8.23. The summed E-state index contributed by atoms with van der Waals surface area (Å²) in [6, 6.07) is 12.3. The molecule has 0 amide bonds. The predicted molar refractivity (Wildman–Crippen MR) is 70.2 cm³/mol. The first-order valence-corrected chi connectivity index (χ1v) is 5.57. The molecule has 1 aliphatic rings.